The molecule has 0 aromatic heterocycles. The van der Waals surface area contributed by atoms with Crippen molar-refractivity contribution >= 4 is 23.9 Å². The third kappa shape index (κ3) is 8.82. The van der Waals surface area contributed by atoms with E-state index in [2.05, 4.69) is 0 Å². The summed E-state index contributed by atoms with van der Waals surface area (Å²) in [6.45, 7) is 0. The van der Waals surface area contributed by atoms with Crippen molar-refractivity contribution in [3.05, 3.63) is 0 Å². The van der Waals surface area contributed by atoms with Gasteiger partial charge in [-0.2, -0.15) is 0 Å². The molecule has 0 bridgehead atoms. The van der Waals surface area contributed by atoms with Crippen LogP contribution in [0.3, 0.4) is 0 Å². The molecule has 4 heteroatoms. The Morgan fingerprint density at radius 2 is 0.750 bits per heavy atom. The minimum Gasteiger partial charge on any atom is 0 e. The molecular formula is AgCu2Sn. The van der Waals surface area contributed by atoms with Gasteiger partial charge in [-0.1, -0.05) is 0 Å². The first-order valence-electron chi connectivity index (χ1n) is 0. The van der Waals surface area contributed by atoms with E-state index in [4.69, 9.17) is 0 Å². The molecule has 0 aliphatic rings. The fraction of sp³-hybridized carbons (Fsp3) is 0. The number of hydrogen-bond acceptors (Lipinski definition) is 0. The Balaban J connectivity index is 0. The Kier molecular flexibility index (Phi) is 135. The predicted octanol–water partition coefficient (Wildman–Crippen LogP) is -0.388. The summed E-state index contributed by atoms with van der Waals surface area (Å²) in [6, 6.07) is 0. The molecule has 4 heavy (non-hydrogen) atoms. The molecule has 0 heterocycles. The van der Waals surface area contributed by atoms with E-state index < -0.39 is 0 Å². The fourth-order valence-electron chi connectivity index (χ4n) is 0. The van der Waals surface area contributed by atoms with Crippen LogP contribution in [0.1, 0.15) is 0 Å². The predicted molar refractivity (Wildman–Crippen MR) is 5.75 cm³/mol. The van der Waals surface area contributed by atoms with Crippen LogP contribution in [-0.4, -0.2) is 23.9 Å². The van der Waals surface area contributed by atoms with E-state index in [0.29, 0.717) is 0 Å². The van der Waals surface area contributed by atoms with Crippen LogP contribution >= 0.6 is 0 Å². The Morgan fingerprint density at radius 1 is 0.750 bits per heavy atom. The van der Waals surface area contributed by atoms with Gasteiger partial charge >= 0.3 is 0 Å². The van der Waals surface area contributed by atoms with Gasteiger partial charge in [-0.3, -0.25) is 0 Å². The van der Waals surface area contributed by atoms with Gasteiger partial charge in [0, 0.05) is 80.4 Å². The van der Waals surface area contributed by atoms with E-state index in [-0.39, 0.29) is 80.4 Å². The van der Waals surface area contributed by atoms with E-state index in [0.717, 1.165) is 0 Å². The first-order chi connectivity index (χ1) is 0. The molecule has 0 rings (SSSR count). The van der Waals surface area contributed by atoms with Crippen LogP contribution in [0.2, 0.25) is 0 Å². The minimum absolute atomic E-state index is 0. The van der Waals surface area contributed by atoms with Crippen LogP contribution in [0.4, 0.5) is 0 Å². The second-order valence-electron chi connectivity index (χ2n) is 0. The summed E-state index contributed by atoms with van der Waals surface area (Å²) in [5, 5.41) is 0. The average molecular weight is 354 g/mol. The van der Waals surface area contributed by atoms with E-state index in [1.807, 2.05) is 0 Å². The Bertz CT molecular complexity index is 6.00. The van der Waals surface area contributed by atoms with Gasteiger partial charge in [0.05, 0.1) is 0 Å². The molecule has 0 aliphatic heterocycles. The molecule has 0 saturated heterocycles. The van der Waals surface area contributed by atoms with Crippen LogP contribution in [0.15, 0.2) is 0 Å². The first kappa shape index (κ1) is 30.8. The van der Waals surface area contributed by atoms with Crippen LogP contribution < -0.4 is 0 Å². The van der Waals surface area contributed by atoms with Crippen molar-refractivity contribution in [1.29, 1.82) is 0 Å². The van der Waals surface area contributed by atoms with Crippen LogP contribution in [0.5, 0.6) is 0 Å². The molecule has 0 saturated carbocycles. The van der Waals surface area contributed by atoms with E-state index in [1.54, 1.807) is 0 Å². The van der Waals surface area contributed by atoms with Crippen molar-refractivity contribution in [2.45, 2.75) is 0 Å². The third-order valence-electron chi connectivity index (χ3n) is 0. The molecule has 0 atom stereocenters. The van der Waals surface area contributed by atoms with Gasteiger partial charge in [-0.25, -0.2) is 0 Å². The summed E-state index contributed by atoms with van der Waals surface area (Å²) in [4.78, 5) is 0. The van der Waals surface area contributed by atoms with Crippen molar-refractivity contribution in [1.82, 2.24) is 0 Å². The zero-order chi connectivity index (χ0) is 0. The number of hydrogen-bond donors (Lipinski definition) is 0. The van der Waals surface area contributed by atoms with Gasteiger partial charge in [0.25, 0.3) is 0 Å². The molecule has 0 aliphatic carbocycles. The molecule has 0 aromatic rings. The second-order valence-corrected chi connectivity index (χ2v) is 0. The fourth-order valence-corrected chi connectivity index (χ4v) is 0. The van der Waals surface area contributed by atoms with Crippen LogP contribution in [0, 0.1) is 0 Å². The van der Waals surface area contributed by atoms with E-state index in [1.165, 1.54) is 0 Å². The van der Waals surface area contributed by atoms with Gasteiger partial charge in [0.2, 0.25) is 0 Å². The summed E-state index contributed by atoms with van der Waals surface area (Å²) in [5.74, 6) is 0. The smallest absolute Gasteiger partial charge is 0 e. The van der Waals surface area contributed by atoms with Gasteiger partial charge < -0.3 is 0 Å². The maximum Gasteiger partial charge on any atom is 0 e. The number of rotatable bonds is 0. The summed E-state index contributed by atoms with van der Waals surface area (Å²) in [7, 11) is 0. The molecule has 0 N–H and O–H groups in total. The summed E-state index contributed by atoms with van der Waals surface area (Å²) in [5.41, 5.74) is 0. The van der Waals surface area contributed by atoms with Gasteiger partial charge in [0.15, 0.2) is 0 Å². The normalized spacial score (nSPS) is 0. The largest absolute Gasteiger partial charge is 0 e. The monoisotopic (exact) mass is 353 g/mol. The van der Waals surface area contributed by atoms with Gasteiger partial charge in [-0.15, -0.1) is 0 Å². The molecule has 0 unspecified atom stereocenters. The second kappa shape index (κ2) is 17.6. The van der Waals surface area contributed by atoms with Crippen molar-refractivity contribution < 1.29 is 56.5 Å². The van der Waals surface area contributed by atoms with Crippen molar-refractivity contribution in [2.75, 3.05) is 0 Å². The van der Waals surface area contributed by atoms with Crippen LogP contribution in [0.25, 0.3) is 0 Å². The minimum atomic E-state index is 0. The Hall–Kier alpha value is 2.58. The first-order valence-corrected chi connectivity index (χ1v) is 0. The zero-order valence-electron chi connectivity index (χ0n) is 1.40. The van der Waals surface area contributed by atoms with E-state index >= 15 is 0 Å². The topological polar surface area (TPSA) is 0 Å². The van der Waals surface area contributed by atoms with Gasteiger partial charge in [-0.05, 0) is 0 Å². The molecule has 37 valence electrons. The molecular weight excluding hydrogens is 354 g/mol. The standard InChI is InChI=1S/Ag.2Cu.Sn. The average Bonchev–Trinajstić information content (AvgIpc) is 0. The van der Waals surface area contributed by atoms with Crippen molar-refractivity contribution in [3.63, 3.8) is 0 Å². The van der Waals surface area contributed by atoms with Crippen LogP contribution in [-0.2, 0) is 56.5 Å². The van der Waals surface area contributed by atoms with E-state index in [9.17, 15) is 0 Å². The molecule has 0 spiro atoms. The maximum atomic E-state index is 0. The molecule has 0 amide bonds. The quantitative estimate of drug-likeness (QED) is 0.521. The van der Waals surface area contributed by atoms with Gasteiger partial charge in [0.1, 0.15) is 0 Å². The Morgan fingerprint density at radius 3 is 0.750 bits per heavy atom. The molecule has 0 aromatic carbocycles. The van der Waals surface area contributed by atoms with Crippen molar-refractivity contribution in [2.24, 2.45) is 0 Å². The summed E-state index contributed by atoms with van der Waals surface area (Å²) < 4.78 is 0. The van der Waals surface area contributed by atoms with Crippen molar-refractivity contribution in [3.8, 4) is 0 Å². The third-order valence-corrected chi connectivity index (χ3v) is 0. The summed E-state index contributed by atoms with van der Waals surface area (Å²) in [6.07, 6.45) is 0. The zero-order valence-corrected chi connectivity index (χ0v) is 7.62. The summed E-state index contributed by atoms with van der Waals surface area (Å²) >= 11 is 0. The molecule has 0 fully saturated rings. The molecule has 0 nitrogen and oxygen atoms in total. The Labute approximate surface area is 79.3 Å². The SMILES string of the molecule is [Ag].[Cu].[Cu].[Sn]. The maximum absolute atomic E-state index is 0. The molecule has 7 radical (unpaired) electrons.